The van der Waals surface area contributed by atoms with Gasteiger partial charge in [-0.3, -0.25) is 9.78 Å². The highest BCUT2D eigenvalue weighted by Crippen LogP contribution is 2.23. The molecule has 0 saturated carbocycles. The highest BCUT2D eigenvalue weighted by Gasteiger charge is 2.10. The van der Waals surface area contributed by atoms with Crippen LogP contribution in [0.25, 0.3) is 0 Å². The van der Waals surface area contributed by atoms with Crippen molar-refractivity contribution in [1.29, 1.82) is 0 Å². The second-order valence-corrected chi connectivity index (χ2v) is 5.19. The van der Waals surface area contributed by atoms with Crippen LogP contribution >= 0.6 is 11.8 Å². The summed E-state index contributed by atoms with van der Waals surface area (Å²) in [6.07, 6.45) is 3.36. The molecule has 2 rings (SSSR count). The van der Waals surface area contributed by atoms with Gasteiger partial charge in [0.2, 0.25) is 0 Å². The second-order valence-electron chi connectivity index (χ2n) is 4.17. The van der Waals surface area contributed by atoms with E-state index in [2.05, 4.69) is 18.0 Å². The normalized spacial score (nSPS) is 10.3. The minimum atomic E-state index is 0.133. The van der Waals surface area contributed by atoms with E-state index in [9.17, 15) is 4.79 Å². The molecule has 0 amide bonds. The van der Waals surface area contributed by atoms with Crippen molar-refractivity contribution in [2.45, 2.75) is 18.7 Å². The lowest BCUT2D eigenvalue weighted by atomic mass is 10.1. The smallest absolute Gasteiger partial charge is 0.174 e. The van der Waals surface area contributed by atoms with Crippen molar-refractivity contribution in [2.75, 3.05) is 5.75 Å². The van der Waals surface area contributed by atoms with E-state index in [1.807, 2.05) is 31.2 Å². The highest BCUT2D eigenvalue weighted by molar-refractivity contribution is 8.00. The predicted molar refractivity (Wildman–Crippen MR) is 75.2 cm³/mol. The first-order chi connectivity index (χ1) is 8.68. The SMILES string of the molecule is Cc1ccccc1SCC(=O)c1cnccc1C. The Kier molecular flexibility index (Phi) is 4.15. The summed E-state index contributed by atoms with van der Waals surface area (Å²) in [5.41, 5.74) is 2.91. The van der Waals surface area contributed by atoms with Gasteiger partial charge < -0.3 is 0 Å². The molecular weight excluding hydrogens is 242 g/mol. The molecule has 18 heavy (non-hydrogen) atoms. The van der Waals surface area contributed by atoms with Crippen LogP contribution in [-0.4, -0.2) is 16.5 Å². The summed E-state index contributed by atoms with van der Waals surface area (Å²) in [5.74, 6) is 0.589. The first kappa shape index (κ1) is 12.8. The van der Waals surface area contributed by atoms with Gasteiger partial charge in [-0.2, -0.15) is 0 Å². The van der Waals surface area contributed by atoms with Crippen LogP contribution in [0.5, 0.6) is 0 Å². The summed E-state index contributed by atoms with van der Waals surface area (Å²) in [6.45, 7) is 4.00. The summed E-state index contributed by atoms with van der Waals surface area (Å²) >= 11 is 1.58. The third-order valence-corrected chi connectivity index (χ3v) is 3.97. The van der Waals surface area contributed by atoms with E-state index in [4.69, 9.17) is 0 Å². The molecule has 2 nitrogen and oxygen atoms in total. The fraction of sp³-hybridized carbons (Fsp3) is 0.200. The Morgan fingerprint density at radius 2 is 1.94 bits per heavy atom. The van der Waals surface area contributed by atoms with E-state index in [0.29, 0.717) is 5.75 Å². The second kappa shape index (κ2) is 5.83. The molecule has 92 valence electrons. The molecule has 0 saturated heterocycles. The van der Waals surface area contributed by atoms with Crippen LogP contribution in [0.15, 0.2) is 47.6 Å². The lowest BCUT2D eigenvalue weighted by Gasteiger charge is -2.06. The van der Waals surface area contributed by atoms with Gasteiger partial charge >= 0.3 is 0 Å². The number of rotatable bonds is 4. The van der Waals surface area contributed by atoms with Crippen LogP contribution in [0.2, 0.25) is 0 Å². The molecule has 0 spiro atoms. The average molecular weight is 257 g/mol. The summed E-state index contributed by atoms with van der Waals surface area (Å²) in [7, 11) is 0. The largest absolute Gasteiger partial charge is 0.293 e. The Hall–Kier alpha value is -1.61. The molecule has 0 bridgehead atoms. The standard InChI is InChI=1S/C15H15NOS/c1-11-7-8-16-9-13(11)14(17)10-18-15-6-4-3-5-12(15)2/h3-9H,10H2,1-2H3. The highest BCUT2D eigenvalue weighted by atomic mass is 32.2. The third-order valence-electron chi connectivity index (χ3n) is 2.79. The molecule has 1 heterocycles. The first-order valence-corrected chi connectivity index (χ1v) is 6.79. The Morgan fingerprint density at radius 3 is 2.67 bits per heavy atom. The van der Waals surface area contributed by atoms with Gasteiger partial charge in [-0.05, 0) is 37.1 Å². The molecule has 1 aromatic heterocycles. The number of nitrogens with zero attached hydrogens (tertiary/aromatic N) is 1. The number of ketones is 1. The topological polar surface area (TPSA) is 30.0 Å². The maximum Gasteiger partial charge on any atom is 0.174 e. The van der Waals surface area contributed by atoms with Gasteiger partial charge in [-0.1, -0.05) is 18.2 Å². The zero-order valence-corrected chi connectivity index (χ0v) is 11.3. The number of aryl methyl sites for hydroxylation is 2. The van der Waals surface area contributed by atoms with Gasteiger partial charge in [0.15, 0.2) is 5.78 Å². The number of hydrogen-bond donors (Lipinski definition) is 0. The van der Waals surface area contributed by atoms with E-state index in [1.165, 1.54) is 5.56 Å². The predicted octanol–water partition coefficient (Wildman–Crippen LogP) is 3.67. The molecule has 0 aliphatic rings. The number of aromatic nitrogens is 1. The Morgan fingerprint density at radius 1 is 1.17 bits per heavy atom. The first-order valence-electron chi connectivity index (χ1n) is 5.80. The van der Waals surface area contributed by atoms with Crippen LogP contribution < -0.4 is 0 Å². The summed E-state index contributed by atoms with van der Waals surface area (Å²) < 4.78 is 0. The van der Waals surface area contributed by atoms with Crippen LogP contribution in [0.4, 0.5) is 0 Å². The molecule has 0 N–H and O–H groups in total. The summed E-state index contributed by atoms with van der Waals surface area (Å²) in [4.78, 5) is 17.3. The van der Waals surface area contributed by atoms with Gasteiger partial charge in [-0.15, -0.1) is 11.8 Å². The van der Waals surface area contributed by atoms with Crippen LogP contribution in [0, 0.1) is 13.8 Å². The number of pyridine rings is 1. The van der Waals surface area contributed by atoms with Crippen molar-refractivity contribution in [3.05, 3.63) is 59.4 Å². The lowest BCUT2D eigenvalue weighted by molar-refractivity contribution is 0.102. The molecule has 0 aliphatic heterocycles. The quantitative estimate of drug-likeness (QED) is 0.618. The van der Waals surface area contributed by atoms with Gasteiger partial charge in [0.25, 0.3) is 0 Å². The van der Waals surface area contributed by atoms with Crippen molar-refractivity contribution in [3.8, 4) is 0 Å². The molecule has 3 heteroatoms. The zero-order chi connectivity index (χ0) is 13.0. The van der Waals surface area contributed by atoms with E-state index < -0.39 is 0 Å². The molecule has 0 fully saturated rings. The number of benzene rings is 1. The maximum absolute atomic E-state index is 12.1. The van der Waals surface area contributed by atoms with Crippen LogP contribution in [-0.2, 0) is 0 Å². The van der Waals surface area contributed by atoms with E-state index in [1.54, 1.807) is 24.2 Å². The van der Waals surface area contributed by atoms with Crippen LogP contribution in [0.3, 0.4) is 0 Å². The van der Waals surface area contributed by atoms with Crippen molar-refractivity contribution in [3.63, 3.8) is 0 Å². The van der Waals surface area contributed by atoms with E-state index >= 15 is 0 Å². The molecule has 0 aliphatic carbocycles. The Bertz CT molecular complexity index is 566. The Balaban J connectivity index is 2.06. The fourth-order valence-corrected chi connectivity index (χ4v) is 2.61. The van der Waals surface area contributed by atoms with E-state index in [-0.39, 0.29) is 5.78 Å². The van der Waals surface area contributed by atoms with Gasteiger partial charge in [0, 0.05) is 22.9 Å². The maximum atomic E-state index is 12.1. The summed E-state index contributed by atoms with van der Waals surface area (Å²) in [5, 5.41) is 0. The van der Waals surface area contributed by atoms with Crippen molar-refractivity contribution in [1.82, 2.24) is 4.98 Å². The van der Waals surface area contributed by atoms with Gasteiger partial charge in [0.05, 0.1) is 5.75 Å². The van der Waals surface area contributed by atoms with Crippen molar-refractivity contribution >= 4 is 17.5 Å². The minimum Gasteiger partial charge on any atom is -0.293 e. The number of thioether (sulfide) groups is 1. The third kappa shape index (κ3) is 2.99. The van der Waals surface area contributed by atoms with Gasteiger partial charge in [-0.25, -0.2) is 0 Å². The molecule has 0 radical (unpaired) electrons. The average Bonchev–Trinajstić information content (AvgIpc) is 2.38. The molecule has 0 atom stereocenters. The Labute approximate surface area is 111 Å². The van der Waals surface area contributed by atoms with E-state index in [0.717, 1.165) is 16.0 Å². The van der Waals surface area contributed by atoms with Crippen molar-refractivity contribution < 1.29 is 4.79 Å². The molecule has 2 aromatic rings. The monoisotopic (exact) mass is 257 g/mol. The number of carbonyl (C=O) groups is 1. The number of carbonyl (C=O) groups excluding carboxylic acids is 1. The summed E-state index contributed by atoms with van der Waals surface area (Å²) in [6, 6.07) is 9.97. The zero-order valence-electron chi connectivity index (χ0n) is 10.5. The molecule has 0 unspecified atom stereocenters. The molecule has 1 aromatic carbocycles. The molecular formula is C15H15NOS. The lowest BCUT2D eigenvalue weighted by Crippen LogP contribution is -2.05. The van der Waals surface area contributed by atoms with Crippen LogP contribution in [0.1, 0.15) is 21.5 Å². The van der Waals surface area contributed by atoms with Gasteiger partial charge in [0.1, 0.15) is 0 Å². The fourth-order valence-electron chi connectivity index (χ4n) is 1.70. The number of Topliss-reactive ketones (excluding diaryl/α,β-unsaturated/α-hetero) is 1. The van der Waals surface area contributed by atoms with Crippen molar-refractivity contribution in [2.24, 2.45) is 0 Å². The number of hydrogen-bond acceptors (Lipinski definition) is 3. The minimum absolute atomic E-state index is 0.133.